The number of thiophene rings is 1. The minimum Gasteiger partial charge on any atom is -0.341 e. The Morgan fingerprint density at radius 1 is 1.58 bits per heavy atom. The Labute approximate surface area is 115 Å². The maximum Gasteiger partial charge on any atom is 0.252 e. The minimum atomic E-state index is -0.570. The highest BCUT2D eigenvalue weighted by Crippen LogP contribution is 2.29. The lowest BCUT2D eigenvalue weighted by atomic mass is 10.1. The third-order valence-electron chi connectivity index (χ3n) is 3.05. The van der Waals surface area contributed by atoms with Crippen molar-refractivity contribution in [3.63, 3.8) is 0 Å². The van der Waals surface area contributed by atoms with Gasteiger partial charge in [0.2, 0.25) is 12.3 Å². The molecule has 0 spiro atoms. The molecule has 1 atom stereocenters. The van der Waals surface area contributed by atoms with Crippen molar-refractivity contribution in [2.45, 2.75) is 13.0 Å². The number of amides is 3. The highest BCUT2D eigenvalue weighted by Gasteiger charge is 2.37. The largest absolute Gasteiger partial charge is 0.341 e. The van der Waals surface area contributed by atoms with E-state index in [2.05, 4.69) is 5.32 Å². The molecule has 0 aromatic carbocycles. The molecule has 3 amide bonds. The monoisotopic (exact) mass is 281 g/mol. The molecule has 1 aliphatic heterocycles. The second-order valence-electron chi connectivity index (χ2n) is 4.21. The second-order valence-corrected chi connectivity index (χ2v) is 5.19. The summed E-state index contributed by atoms with van der Waals surface area (Å²) >= 11 is 1.45. The second kappa shape index (κ2) is 5.83. The van der Waals surface area contributed by atoms with Crippen LogP contribution < -0.4 is 5.32 Å². The predicted octanol–water partition coefficient (Wildman–Crippen LogP) is 0.183. The smallest absolute Gasteiger partial charge is 0.252 e. The number of carbonyl (C=O) groups excluding carboxylic acids is 3. The van der Waals surface area contributed by atoms with E-state index in [1.807, 2.05) is 17.5 Å². The van der Waals surface area contributed by atoms with E-state index in [-0.39, 0.29) is 18.5 Å². The van der Waals surface area contributed by atoms with Gasteiger partial charge in [0.25, 0.3) is 5.91 Å². The fourth-order valence-electron chi connectivity index (χ4n) is 2.14. The molecule has 1 aromatic rings. The van der Waals surface area contributed by atoms with Gasteiger partial charge in [-0.25, -0.2) is 0 Å². The Kier molecular flexibility index (Phi) is 4.16. The zero-order chi connectivity index (χ0) is 13.8. The van der Waals surface area contributed by atoms with Crippen LogP contribution in [-0.4, -0.2) is 47.8 Å². The maximum atomic E-state index is 12.4. The first-order valence-corrected chi connectivity index (χ1v) is 6.79. The lowest BCUT2D eigenvalue weighted by Crippen LogP contribution is -2.55. The van der Waals surface area contributed by atoms with Gasteiger partial charge in [-0.15, -0.1) is 11.3 Å². The summed E-state index contributed by atoms with van der Waals surface area (Å²) in [5, 5.41) is 4.36. The molecule has 1 unspecified atom stereocenters. The molecule has 102 valence electrons. The molecule has 7 heteroatoms. The van der Waals surface area contributed by atoms with Crippen LogP contribution in [0.5, 0.6) is 0 Å². The highest BCUT2D eigenvalue weighted by atomic mass is 32.1. The molecule has 1 fully saturated rings. The van der Waals surface area contributed by atoms with Gasteiger partial charge in [0.05, 0.1) is 6.67 Å². The van der Waals surface area contributed by atoms with E-state index in [0.717, 1.165) is 4.88 Å². The van der Waals surface area contributed by atoms with Crippen molar-refractivity contribution >= 4 is 29.6 Å². The molecule has 2 rings (SSSR count). The number of hydrogen-bond donors (Lipinski definition) is 1. The molecule has 0 radical (unpaired) electrons. The normalized spacial score (nSPS) is 19.4. The van der Waals surface area contributed by atoms with Crippen LogP contribution in [0.1, 0.15) is 17.8 Å². The van der Waals surface area contributed by atoms with Gasteiger partial charge < -0.3 is 15.1 Å². The summed E-state index contributed by atoms with van der Waals surface area (Å²) in [5.41, 5.74) is 0. The summed E-state index contributed by atoms with van der Waals surface area (Å²) in [6.07, 6.45) is 0.560. The van der Waals surface area contributed by atoms with Crippen molar-refractivity contribution < 1.29 is 14.4 Å². The summed E-state index contributed by atoms with van der Waals surface area (Å²) in [7, 11) is 0. The van der Waals surface area contributed by atoms with Crippen molar-refractivity contribution in [3.05, 3.63) is 22.4 Å². The topological polar surface area (TPSA) is 69.7 Å². The molecular formula is C12H15N3O3S. The van der Waals surface area contributed by atoms with Crippen molar-refractivity contribution in [1.29, 1.82) is 0 Å². The Hall–Kier alpha value is -1.89. The van der Waals surface area contributed by atoms with E-state index in [1.165, 1.54) is 18.3 Å². The zero-order valence-electron chi connectivity index (χ0n) is 10.5. The molecule has 19 heavy (non-hydrogen) atoms. The van der Waals surface area contributed by atoms with Crippen LogP contribution in [-0.2, 0) is 14.4 Å². The number of carbonyl (C=O) groups is 3. The van der Waals surface area contributed by atoms with Gasteiger partial charge in [0.15, 0.2) is 0 Å². The van der Waals surface area contributed by atoms with E-state index in [4.69, 9.17) is 0 Å². The molecular weight excluding hydrogens is 266 g/mol. The van der Waals surface area contributed by atoms with Crippen molar-refractivity contribution in [1.82, 2.24) is 15.1 Å². The average Bonchev–Trinajstić information content (AvgIpc) is 2.90. The number of hydrogen-bond acceptors (Lipinski definition) is 4. The van der Waals surface area contributed by atoms with E-state index in [1.54, 1.807) is 9.80 Å². The zero-order valence-corrected chi connectivity index (χ0v) is 11.4. The molecule has 6 nitrogen and oxygen atoms in total. The summed E-state index contributed by atoms with van der Waals surface area (Å²) in [6, 6.07) is 3.13. The highest BCUT2D eigenvalue weighted by molar-refractivity contribution is 7.10. The van der Waals surface area contributed by atoms with Gasteiger partial charge in [-0.2, -0.15) is 0 Å². The molecule has 0 bridgehead atoms. The molecule has 1 N–H and O–H groups in total. The minimum absolute atomic E-state index is 0.116. The third-order valence-corrected chi connectivity index (χ3v) is 3.98. The molecule has 1 aromatic heterocycles. The molecule has 2 heterocycles. The van der Waals surface area contributed by atoms with Crippen molar-refractivity contribution in [2.75, 3.05) is 19.8 Å². The Bertz CT molecular complexity index is 475. The lowest BCUT2D eigenvalue weighted by Gasteiger charge is -2.39. The van der Waals surface area contributed by atoms with Crippen LogP contribution in [0.2, 0.25) is 0 Å². The first-order valence-electron chi connectivity index (χ1n) is 5.91. The molecule has 1 aliphatic rings. The number of piperazine rings is 1. The Morgan fingerprint density at radius 2 is 2.37 bits per heavy atom. The predicted molar refractivity (Wildman–Crippen MR) is 70.2 cm³/mol. The van der Waals surface area contributed by atoms with Crippen LogP contribution >= 0.6 is 11.3 Å². The van der Waals surface area contributed by atoms with Gasteiger partial charge in [-0.1, -0.05) is 6.07 Å². The van der Waals surface area contributed by atoms with Gasteiger partial charge in [0.1, 0.15) is 6.04 Å². The summed E-state index contributed by atoms with van der Waals surface area (Å²) in [5.74, 6) is -0.270. The van der Waals surface area contributed by atoms with Crippen LogP contribution in [0, 0.1) is 0 Å². The number of nitrogens with zero attached hydrogens (tertiary/aromatic N) is 2. The van der Waals surface area contributed by atoms with Gasteiger partial charge in [-0.05, 0) is 11.4 Å². The van der Waals surface area contributed by atoms with E-state index in [0.29, 0.717) is 19.5 Å². The van der Waals surface area contributed by atoms with E-state index >= 15 is 0 Å². The maximum absolute atomic E-state index is 12.4. The summed E-state index contributed by atoms with van der Waals surface area (Å²) < 4.78 is 0. The summed E-state index contributed by atoms with van der Waals surface area (Å²) in [4.78, 5) is 38.4. The van der Waals surface area contributed by atoms with Crippen LogP contribution in [0.25, 0.3) is 0 Å². The van der Waals surface area contributed by atoms with Crippen LogP contribution in [0.15, 0.2) is 17.5 Å². The van der Waals surface area contributed by atoms with E-state index in [9.17, 15) is 14.4 Å². The first kappa shape index (κ1) is 13.5. The standard InChI is InChI=1S/C12H15N3O3S/c1-9(17)15-5-4-14(7-13-8-16)12(18)11(15)10-3-2-6-19-10/h2-3,6,8,11H,4-5,7H2,1H3,(H,13,16). The van der Waals surface area contributed by atoms with Crippen molar-refractivity contribution in [3.8, 4) is 0 Å². The van der Waals surface area contributed by atoms with E-state index < -0.39 is 6.04 Å². The third kappa shape index (κ3) is 2.76. The van der Waals surface area contributed by atoms with Crippen LogP contribution in [0.4, 0.5) is 0 Å². The first-order chi connectivity index (χ1) is 9.15. The fraction of sp³-hybridized carbons (Fsp3) is 0.417. The fourth-order valence-corrected chi connectivity index (χ4v) is 2.97. The van der Waals surface area contributed by atoms with Crippen molar-refractivity contribution in [2.24, 2.45) is 0 Å². The number of nitrogens with one attached hydrogen (secondary N) is 1. The molecule has 0 aliphatic carbocycles. The van der Waals surface area contributed by atoms with Gasteiger partial charge in [-0.3, -0.25) is 14.4 Å². The van der Waals surface area contributed by atoms with Gasteiger partial charge >= 0.3 is 0 Å². The van der Waals surface area contributed by atoms with Gasteiger partial charge in [0, 0.05) is 24.9 Å². The Morgan fingerprint density at radius 3 is 2.95 bits per heavy atom. The Balaban J connectivity index is 2.23. The quantitative estimate of drug-likeness (QED) is 0.801. The average molecular weight is 281 g/mol. The van der Waals surface area contributed by atoms with Crippen LogP contribution in [0.3, 0.4) is 0 Å². The SMILES string of the molecule is CC(=O)N1CCN(CNC=O)C(=O)C1c1cccs1. The number of rotatable bonds is 4. The molecule has 0 saturated carbocycles. The summed E-state index contributed by atoms with van der Waals surface area (Å²) in [6.45, 7) is 2.55. The lowest BCUT2D eigenvalue weighted by molar-refractivity contribution is -0.151. The molecule has 1 saturated heterocycles.